The van der Waals surface area contributed by atoms with Crippen molar-refractivity contribution in [2.45, 2.75) is 46.3 Å². The predicted molar refractivity (Wildman–Crippen MR) is 65.0 cm³/mol. The van der Waals surface area contributed by atoms with Gasteiger partial charge in [0.1, 0.15) is 12.2 Å². The molecule has 0 bridgehead atoms. The summed E-state index contributed by atoms with van der Waals surface area (Å²) in [5.41, 5.74) is 5.33. The normalized spacial score (nSPS) is 12.9. The Labute approximate surface area is 102 Å². The molecule has 1 rings (SSSR count). The van der Waals surface area contributed by atoms with E-state index in [0.29, 0.717) is 6.54 Å². The first kappa shape index (κ1) is 13.6. The zero-order valence-corrected chi connectivity index (χ0v) is 10.7. The van der Waals surface area contributed by atoms with E-state index in [0.717, 1.165) is 18.8 Å². The molecule has 17 heavy (non-hydrogen) atoms. The highest BCUT2D eigenvalue weighted by atomic mass is 16.1. The van der Waals surface area contributed by atoms with E-state index in [-0.39, 0.29) is 17.9 Å². The average Bonchev–Trinajstić information content (AvgIpc) is 2.65. The fourth-order valence-electron chi connectivity index (χ4n) is 1.69. The van der Waals surface area contributed by atoms with Crippen LogP contribution in [0, 0.1) is 5.92 Å². The Morgan fingerprint density at radius 1 is 1.59 bits per heavy atom. The molecule has 96 valence electrons. The monoisotopic (exact) mass is 239 g/mol. The Balaban J connectivity index is 2.59. The van der Waals surface area contributed by atoms with Gasteiger partial charge in [-0.2, -0.15) is 5.10 Å². The second-order valence-electron chi connectivity index (χ2n) is 4.40. The van der Waals surface area contributed by atoms with Gasteiger partial charge in [-0.25, -0.2) is 9.67 Å². The fourth-order valence-corrected chi connectivity index (χ4v) is 1.69. The standard InChI is InChI=1S/C11H21N5O/c1-4-5-16-9(14-7-15-16)6-13-10(8(2)3)11(12)17/h7-8,10,13H,4-6H2,1-3H3,(H2,12,17). The van der Waals surface area contributed by atoms with Crippen molar-refractivity contribution in [1.29, 1.82) is 0 Å². The largest absolute Gasteiger partial charge is 0.368 e. The van der Waals surface area contributed by atoms with Crippen LogP contribution in [0.15, 0.2) is 6.33 Å². The summed E-state index contributed by atoms with van der Waals surface area (Å²) < 4.78 is 1.84. The Bertz CT molecular complexity index is 360. The molecule has 0 fully saturated rings. The van der Waals surface area contributed by atoms with Gasteiger partial charge in [0.15, 0.2) is 0 Å². The molecule has 3 N–H and O–H groups in total. The third-order valence-corrected chi connectivity index (χ3v) is 2.58. The molecule has 1 aromatic rings. The molecule has 6 nitrogen and oxygen atoms in total. The van der Waals surface area contributed by atoms with Crippen molar-refractivity contribution in [3.05, 3.63) is 12.2 Å². The number of carbonyl (C=O) groups is 1. The topological polar surface area (TPSA) is 85.8 Å². The summed E-state index contributed by atoms with van der Waals surface area (Å²) in [6, 6.07) is -0.332. The molecular weight excluding hydrogens is 218 g/mol. The van der Waals surface area contributed by atoms with Gasteiger partial charge in [0.05, 0.1) is 12.6 Å². The lowest BCUT2D eigenvalue weighted by Gasteiger charge is -2.18. The molecular formula is C11H21N5O. The third-order valence-electron chi connectivity index (χ3n) is 2.58. The molecule has 0 saturated heterocycles. The Morgan fingerprint density at radius 2 is 2.29 bits per heavy atom. The lowest BCUT2D eigenvalue weighted by Crippen LogP contribution is -2.44. The smallest absolute Gasteiger partial charge is 0.234 e. The number of nitrogens with one attached hydrogen (secondary N) is 1. The maximum Gasteiger partial charge on any atom is 0.234 e. The van der Waals surface area contributed by atoms with E-state index in [9.17, 15) is 4.79 Å². The molecule has 0 aliphatic carbocycles. The Hall–Kier alpha value is -1.43. The number of aromatic nitrogens is 3. The summed E-state index contributed by atoms with van der Waals surface area (Å²) in [5, 5.41) is 7.24. The van der Waals surface area contributed by atoms with Gasteiger partial charge in [0.2, 0.25) is 5.91 Å². The lowest BCUT2D eigenvalue weighted by molar-refractivity contribution is -0.121. The van der Waals surface area contributed by atoms with E-state index >= 15 is 0 Å². The summed E-state index contributed by atoms with van der Waals surface area (Å²) in [7, 11) is 0. The number of aryl methyl sites for hydroxylation is 1. The van der Waals surface area contributed by atoms with E-state index in [2.05, 4.69) is 22.3 Å². The highest BCUT2D eigenvalue weighted by Gasteiger charge is 2.19. The van der Waals surface area contributed by atoms with Gasteiger partial charge in [-0.1, -0.05) is 20.8 Å². The lowest BCUT2D eigenvalue weighted by atomic mass is 10.0. The molecule has 0 aromatic carbocycles. The van der Waals surface area contributed by atoms with Gasteiger partial charge in [-0.15, -0.1) is 0 Å². The molecule has 6 heteroatoms. The average molecular weight is 239 g/mol. The van der Waals surface area contributed by atoms with Crippen molar-refractivity contribution in [3.8, 4) is 0 Å². The van der Waals surface area contributed by atoms with Gasteiger partial charge >= 0.3 is 0 Å². The van der Waals surface area contributed by atoms with Crippen LogP contribution in [0.2, 0.25) is 0 Å². The first-order valence-electron chi connectivity index (χ1n) is 5.95. The van der Waals surface area contributed by atoms with Crippen molar-refractivity contribution >= 4 is 5.91 Å². The van der Waals surface area contributed by atoms with E-state index in [4.69, 9.17) is 5.73 Å². The zero-order valence-electron chi connectivity index (χ0n) is 10.7. The Kier molecular flexibility index (Phi) is 5.09. The van der Waals surface area contributed by atoms with Crippen LogP contribution in [0.1, 0.15) is 33.0 Å². The van der Waals surface area contributed by atoms with E-state index in [1.165, 1.54) is 6.33 Å². The summed E-state index contributed by atoms with van der Waals surface area (Å²) in [5.74, 6) is 0.662. The van der Waals surface area contributed by atoms with Crippen LogP contribution in [0.25, 0.3) is 0 Å². The molecule has 0 saturated carbocycles. The molecule has 1 aromatic heterocycles. The Morgan fingerprint density at radius 3 is 2.82 bits per heavy atom. The first-order chi connectivity index (χ1) is 8.06. The number of primary amides is 1. The number of rotatable bonds is 7. The minimum Gasteiger partial charge on any atom is -0.368 e. The molecule has 1 heterocycles. The maximum absolute atomic E-state index is 11.2. The second-order valence-corrected chi connectivity index (χ2v) is 4.40. The van der Waals surface area contributed by atoms with E-state index in [1.54, 1.807) is 0 Å². The second kappa shape index (κ2) is 6.34. The number of carbonyl (C=O) groups excluding carboxylic acids is 1. The molecule has 0 radical (unpaired) electrons. The molecule has 1 amide bonds. The van der Waals surface area contributed by atoms with Crippen LogP contribution in [0.4, 0.5) is 0 Å². The summed E-state index contributed by atoms with van der Waals surface area (Å²) in [4.78, 5) is 15.4. The first-order valence-corrected chi connectivity index (χ1v) is 5.95. The SMILES string of the molecule is CCCn1ncnc1CNC(C(N)=O)C(C)C. The minimum absolute atomic E-state index is 0.162. The van der Waals surface area contributed by atoms with Crippen molar-refractivity contribution in [2.24, 2.45) is 11.7 Å². The minimum atomic E-state index is -0.332. The molecule has 1 atom stereocenters. The molecule has 0 aliphatic rings. The number of nitrogens with two attached hydrogens (primary N) is 1. The number of hydrogen-bond donors (Lipinski definition) is 2. The fraction of sp³-hybridized carbons (Fsp3) is 0.727. The van der Waals surface area contributed by atoms with Crippen LogP contribution < -0.4 is 11.1 Å². The van der Waals surface area contributed by atoms with E-state index < -0.39 is 0 Å². The van der Waals surface area contributed by atoms with Crippen molar-refractivity contribution in [1.82, 2.24) is 20.1 Å². The van der Waals surface area contributed by atoms with Gasteiger partial charge in [-0.3, -0.25) is 10.1 Å². The van der Waals surface area contributed by atoms with E-state index in [1.807, 2.05) is 18.5 Å². The highest BCUT2D eigenvalue weighted by molar-refractivity contribution is 5.80. The number of nitrogens with zero attached hydrogens (tertiary/aromatic N) is 3. The van der Waals surface area contributed by atoms with Gasteiger partial charge in [0, 0.05) is 6.54 Å². The van der Waals surface area contributed by atoms with Gasteiger partial charge < -0.3 is 5.73 Å². The van der Waals surface area contributed by atoms with Crippen LogP contribution in [-0.2, 0) is 17.9 Å². The third kappa shape index (κ3) is 3.81. The molecule has 1 unspecified atom stereocenters. The van der Waals surface area contributed by atoms with Crippen molar-refractivity contribution in [3.63, 3.8) is 0 Å². The van der Waals surface area contributed by atoms with Crippen LogP contribution >= 0.6 is 0 Å². The summed E-state index contributed by atoms with van der Waals surface area (Å²) in [6.07, 6.45) is 2.53. The maximum atomic E-state index is 11.2. The highest BCUT2D eigenvalue weighted by Crippen LogP contribution is 2.03. The zero-order chi connectivity index (χ0) is 12.8. The van der Waals surface area contributed by atoms with Gasteiger partial charge in [-0.05, 0) is 12.3 Å². The molecule has 0 spiro atoms. The van der Waals surface area contributed by atoms with Gasteiger partial charge in [0.25, 0.3) is 0 Å². The van der Waals surface area contributed by atoms with Crippen molar-refractivity contribution < 1.29 is 4.79 Å². The number of amides is 1. The molecule has 0 aliphatic heterocycles. The van der Waals surface area contributed by atoms with Crippen molar-refractivity contribution in [2.75, 3.05) is 0 Å². The van der Waals surface area contributed by atoms with Crippen LogP contribution in [0.5, 0.6) is 0 Å². The van der Waals surface area contributed by atoms with Crippen LogP contribution in [-0.4, -0.2) is 26.7 Å². The predicted octanol–water partition coefficient (Wildman–Crippen LogP) is 0.288. The van der Waals surface area contributed by atoms with Crippen LogP contribution in [0.3, 0.4) is 0 Å². The quantitative estimate of drug-likeness (QED) is 0.716. The number of hydrogen-bond acceptors (Lipinski definition) is 4. The summed E-state index contributed by atoms with van der Waals surface area (Å²) in [6.45, 7) is 7.34. The summed E-state index contributed by atoms with van der Waals surface area (Å²) >= 11 is 0.